The Labute approximate surface area is 103 Å². The van der Waals surface area contributed by atoms with Crippen molar-refractivity contribution in [3.63, 3.8) is 0 Å². The molecule has 0 amide bonds. The lowest BCUT2D eigenvalue weighted by Crippen LogP contribution is -2.48. The fourth-order valence-corrected chi connectivity index (χ4v) is 3.43. The van der Waals surface area contributed by atoms with Crippen LogP contribution in [0.3, 0.4) is 0 Å². The zero-order valence-corrected chi connectivity index (χ0v) is 10.9. The van der Waals surface area contributed by atoms with Crippen LogP contribution >= 0.6 is 11.8 Å². The third-order valence-electron chi connectivity index (χ3n) is 3.08. The Morgan fingerprint density at radius 2 is 2.44 bits per heavy atom. The largest absolute Gasteiger partial charge is 0.396 e. The van der Waals surface area contributed by atoms with Crippen LogP contribution in [0.5, 0.6) is 0 Å². The molecule has 16 heavy (non-hydrogen) atoms. The van der Waals surface area contributed by atoms with Gasteiger partial charge < -0.3 is 5.11 Å². The number of hydrogen-bond acceptors (Lipinski definition) is 4. The smallest absolute Gasteiger partial charge is 0.107 e. The lowest BCUT2D eigenvalue weighted by Gasteiger charge is -2.36. The van der Waals surface area contributed by atoms with Gasteiger partial charge in [-0.3, -0.25) is 5.32 Å². The van der Waals surface area contributed by atoms with E-state index in [2.05, 4.69) is 18.3 Å². The zero-order valence-electron chi connectivity index (χ0n) is 10.0. The molecule has 2 N–H and O–H groups in total. The van der Waals surface area contributed by atoms with Crippen LogP contribution in [-0.2, 0) is 0 Å². The van der Waals surface area contributed by atoms with Gasteiger partial charge in [0, 0.05) is 11.0 Å². The molecular weight excluding hydrogens is 220 g/mol. The maximum Gasteiger partial charge on any atom is 0.107 e. The second kappa shape index (κ2) is 7.16. The Kier molecular flexibility index (Phi) is 6.18. The summed E-state index contributed by atoms with van der Waals surface area (Å²) in [6.07, 6.45) is 5.26. The Hall–Kier alpha value is -0.240. The molecule has 0 radical (unpaired) electrons. The van der Waals surface area contributed by atoms with Crippen LogP contribution in [0, 0.1) is 11.3 Å². The number of hydrogen-bond donors (Lipinski definition) is 2. The van der Waals surface area contributed by atoms with Crippen molar-refractivity contribution in [2.24, 2.45) is 0 Å². The van der Waals surface area contributed by atoms with Crippen LogP contribution in [0.1, 0.15) is 39.0 Å². The van der Waals surface area contributed by atoms with E-state index in [1.165, 1.54) is 6.42 Å². The maximum atomic E-state index is 9.34. The van der Waals surface area contributed by atoms with Crippen molar-refractivity contribution in [1.29, 1.82) is 5.26 Å². The molecule has 2 unspecified atom stereocenters. The summed E-state index contributed by atoms with van der Waals surface area (Å²) < 4.78 is 0. The van der Waals surface area contributed by atoms with E-state index in [0.717, 1.165) is 38.0 Å². The molecule has 1 rings (SSSR count). The van der Waals surface area contributed by atoms with Crippen molar-refractivity contribution in [2.75, 3.05) is 18.9 Å². The molecule has 0 aliphatic heterocycles. The summed E-state index contributed by atoms with van der Waals surface area (Å²) in [6.45, 7) is 3.28. The monoisotopic (exact) mass is 242 g/mol. The molecule has 3 nitrogen and oxygen atoms in total. The van der Waals surface area contributed by atoms with E-state index in [4.69, 9.17) is 5.11 Å². The van der Waals surface area contributed by atoms with E-state index in [-0.39, 0.29) is 12.1 Å². The molecule has 0 bridgehead atoms. The number of nitriles is 1. The lowest BCUT2D eigenvalue weighted by molar-refractivity contribution is 0.302. The summed E-state index contributed by atoms with van der Waals surface area (Å²) in [5, 5.41) is 22.1. The highest BCUT2D eigenvalue weighted by molar-refractivity contribution is 7.99. The highest BCUT2D eigenvalue weighted by atomic mass is 32.2. The van der Waals surface area contributed by atoms with E-state index < -0.39 is 0 Å². The molecule has 0 aromatic carbocycles. The summed E-state index contributed by atoms with van der Waals surface area (Å²) in [5.74, 6) is 0.792. The van der Waals surface area contributed by atoms with Gasteiger partial charge in [-0.05, 0) is 38.6 Å². The van der Waals surface area contributed by atoms with Crippen molar-refractivity contribution in [3.8, 4) is 6.07 Å². The average Bonchev–Trinajstić information content (AvgIpc) is 2.34. The Balaban J connectivity index is 2.48. The van der Waals surface area contributed by atoms with Crippen molar-refractivity contribution < 1.29 is 5.11 Å². The minimum Gasteiger partial charge on any atom is -0.396 e. The fourth-order valence-electron chi connectivity index (χ4n) is 2.25. The molecule has 0 aromatic heterocycles. The molecule has 1 aliphatic carbocycles. The Morgan fingerprint density at radius 3 is 3.06 bits per heavy atom. The summed E-state index contributed by atoms with van der Waals surface area (Å²) >= 11 is 1.81. The van der Waals surface area contributed by atoms with E-state index in [9.17, 15) is 5.26 Å². The van der Waals surface area contributed by atoms with Gasteiger partial charge in [0.2, 0.25) is 0 Å². The summed E-state index contributed by atoms with van der Waals surface area (Å²) in [5.41, 5.74) is -0.304. The van der Waals surface area contributed by atoms with Crippen LogP contribution in [0.25, 0.3) is 0 Å². The molecule has 0 saturated heterocycles. The SMILES string of the molecule is CCCNC1(C#N)CCCC(SCCO)C1. The number of aliphatic hydroxyl groups excluding tert-OH is 1. The van der Waals surface area contributed by atoms with Crippen LogP contribution in [0.2, 0.25) is 0 Å². The average molecular weight is 242 g/mol. The van der Waals surface area contributed by atoms with Gasteiger partial charge in [0.25, 0.3) is 0 Å². The normalized spacial score (nSPS) is 29.9. The molecule has 2 atom stereocenters. The van der Waals surface area contributed by atoms with Crippen LogP contribution in [0.4, 0.5) is 0 Å². The molecular formula is C12H22N2OS. The lowest BCUT2D eigenvalue weighted by atomic mass is 9.82. The van der Waals surface area contributed by atoms with Crippen molar-refractivity contribution >= 4 is 11.8 Å². The van der Waals surface area contributed by atoms with Gasteiger partial charge in [0.1, 0.15) is 5.54 Å². The van der Waals surface area contributed by atoms with Gasteiger partial charge in [0.05, 0.1) is 12.7 Å². The van der Waals surface area contributed by atoms with Crippen LogP contribution < -0.4 is 5.32 Å². The molecule has 1 fully saturated rings. The van der Waals surface area contributed by atoms with E-state index >= 15 is 0 Å². The third kappa shape index (κ3) is 3.97. The number of aliphatic hydroxyl groups is 1. The summed E-state index contributed by atoms with van der Waals surface area (Å²) in [4.78, 5) is 0. The zero-order chi connectivity index (χ0) is 11.9. The van der Waals surface area contributed by atoms with Gasteiger partial charge in [-0.25, -0.2) is 0 Å². The van der Waals surface area contributed by atoms with Gasteiger partial charge in [-0.15, -0.1) is 0 Å². The summed E-state index contributed by atoms with van der Waals surface area (Å²) in [7, 11) is 0. The predicted molar refractivity (Wildman–Crippen MR) is 68.4 cm³/mol. The Bertz CT molecular complexity index is 242. The van der Waals surface area contributed by atoms with Gasteiger partial charge >= 0.3 is 0 Å². The standard InChI is InChI=1S/C12H22N2OS/c1-2-6-14-12(10-13)5-3-4-11(9-12)16-8-7-15/h11,14-15H,2-9H2,1H3. The first-order valence-electron chi connectivity index (χ1n) is 6.15. The van der Waals surface area contributed by atoms with E-state index in [0.29, 0.717) is 5.25 Å². The quantitative estimate of drug-likeness (QED) is 0.747. The molecule has 92 valence electrons. The minimum absolute atomic E-state index is 0.239. The molecule has 1 aliphatic rings. The van der Waals surface area contributed by atoms with E-state index in [1.807, 2.05) is 11.8 Å². The molecule has 4 heteroatoms. The maximum absolute atomic E-state index is 9.34. The van der Waals surface area contributed by atoms with Gasteiger partial charge in [0.15, 0.2) is 0 Å². The summed E-state index contributed by atoms with van der Waals surface area (Å²) in [6, 6.07) is 2.47. The Morgan fingerprint density at radius 1 is 1.62 bits per heavy atom. The number of nitrogens with zero attached hydrogens (tertiary/aromatic N) is 1. The van der Waals surface area contributed by atoms with Crippen LogP contribution in [0.15, 0.2) is 0 Å². The first-order chi connectivity index (χ1) is 7.76. The minimum atomic E-state index is -0.304. The molecule has 0 spiro atoms. The van der Waals surface area contributed by atoms with Crippen molar-refractivity contribution in [2.45, 2.75) is 49.8 Å². The number of rotatable bonds is 6. The second-order valence-electron chi connectivity index (χ2n) is 4.43. The molecule has 1 saturated carbocycles. The van der Waals surface area contributed by atoms with Crippen LogP contribution in [-0.4, -0.2) is 34.8 Å². The molecule has 0 heterocycles. The first-order valence-corrected chi connectivity index (χ1v) is 7.20. The van der Waals surface area contributed by atoms with Crippen molar-refractivity contribution in [1.82, 2.24) is 5.32 Å². The first kappa shape index (κ1) is 13.8. The topological polar surface area (TPSA) is 56.0 Å². The second-order valence-corrected chi connectivity index (χ2v) is 5.84. The predicted octanol–water partition coefficient (Wildman–Crippen LogP) is 1.92. The highest BCUT2D eigenvalue weighted by Crippen LogP contribution is 2.34. The third-order valence-corrected chi connectivity index (χ3v) is 4.37. The number of nitrogens with one attached hydrogen (secondary N) is 1. The van der Waals surface area contributed by atoms with Gasteiger partial charge in [-0.2, -0.15) is 17.0 Å². The highest BCUT2D eigenvalue weighted by Gasteiger charge is 2.35. The van der Waals surface area contributed by atoms with Gasteiger partial charge in [-0.1, -0.05) is 6.92 Å². The number of thioether (sulfide) groups is 1. The fraction of sp³-hybridized carbons (Fsp3) is 0.917. The molecule has 0 aromatic rings. The van der Waals surface area contributed by atoms with Crippen molar-refractivity contribution in [3.05, 3.63) is 0 Å². The van der Waals surface area contributed by atoms with E-state index in [1.54, 1.807) is 0 Å².